The lowest BCUT2D eigenvalue weighted by Crippen LogP contribution is -2.44. The lowest BCUT2D eigenvalue weighted by atomic mass is 9.77. The molecule has 2 aliphatic heterocycles. The van der Waals surface area contributed by atoms with Gasteiger partial charge in [0.2, 0.25) is 0 Å². The Balaban J connectivity index is 1.30. The first-order valence-electron chi connectivity index (χ1n) is 11.5. The van der Waals surface area contributed by atoms with Crippen LogP contribution in [0, 0.1) is 0 Å². The van der Waals surface area contributed by atoms with E-state index in [1.807, 2.05) is 0 Å². The maximum absolute atomic E-state index is 12.8. The quantitative estimate of drug-likeness (QED) is 0.460. The molecule has 7 heteroatoms. The largest absolute Gasteiger partial charge is 0.416 e. The molecule has 3 heterocycles. The average molecular weight is 451 g/mol. The van der Waals surface area contributed by atoms with E-state index in [-0.39, 0.29) is 5.54 Å². The molecule has 6 rings (SSSR count). The van der Waals surface area contributed by atoms with E-state index in [0.717, 1.165) is 56.5 Å². The van der Waals surface area contributed by atoms with Crippen molar-refractivity contribution >= 4 is 22.3 Å². The number of rotatable bonds is 2. The smallest absolute Gasteiger partial charge is 0.333 e. The highest BCUT2D eigenvalue weighted by Crippen LogP contribution is 2.48. The molecule has 3 aliphatic rings. The predicted molar refractivity (Wildman–Crippen MR) is 124 cm³/mol. The second-order valence-corrected chi connectivity index (χ2v) is 9.24. The zero-order chi connectivity index (χ0) is 22.6. The predicted octanol–water partition coefficient (Wildman–Crippen LogP) is 6.15. The maximum Gasteiger partial charge on any atom is 0.416 e. The summed E-state index contributed by atoms with van der Waals surface area (Å²) in [6.07, 6.45) is 5.05. The highest BCUT2D eigenvalue weighted by Gasteiger charge is 2.42. The second-order valence-electron chi connectivity index (χ2n) is 9.24. The molecule has 0 fully saturated rings. The van der Waals surface area contributed by atoms with Gasteiger partial charge in [-0.1, -0.05) is 24.3 Å². The number of benzene rings is 2. The van der Waals surface area contributed by atoms with Crippen molar-refractivity contribution in [3.63, 3.8) is 0 Å². The number of nitrogens with zero attached hydrogens (tertiary/aromatic N) is 2. The number of para-hydroxylation sites is 1. The van der Waals surface area contributed by atoms with E-state index in [0.29, 0.717) is 11.7 Å². The van der Waals surface area contributed by atoms with Gasteiger partial charge >= 0.3 is 6.18 Å². The van der Waals surface area contributed by atoms with Crippen molar-refractivity contribution in [1.82, 2.24) is 9.88 Å². The van der Waals surface area contributed by atoms with Crippen LogP contribution in [0.15, 0.2) is 65.8 Å². The van der Waals surface area contributed by atoms with Crippen LogP contribution in [-0.2, 0) is 18.1 Å². The summed E-state index contributed by atoms with van der Waals surface area (Å²) < 4.78 is 40.9. The first kappa shape index (κ1) is 20.5. The first-order valence-corrected chi connectivity index (χ1v) is 11.5. The molecular formula is C26H25F3N4. The third-order valence-corrected chi connectivity index (χ3v) is 7.37. The normalized spacial score (nSPS) is 25.5. The molecule has 0 saturated carbocycles. The molecule has 170 valence electrons. The summed E-state index contributed by atoms with van der Waals surface area (Å²) in [5.74, 6) is 0. The van der Waals surface area contributed by atoms with Gasteiger partial charge in [0.25, 0.3) is 0 Å². The lowest BCUT2D eigenvalue weighted by Gasteiger charge is -2.45. The third kappa shape index (κ3) is 3.37. The van der Waals surface area contributed by atoms with Crippen LogP contribution in [0.1, 0.15) is 48.5 Å². The molecule has 2 aromatic carbocycles. The standard InChI is InChI=1S/C26H25F3N4/c27-26(28,29)17-5-7-18(8-6-17)31-32-19-9-13-25(14-10-19)15-11-22-24-21(12-16-30-22)20-3-1-2-4-23(20)33(24)25/h1-9,13,22,30-31H,10-12,14-16H2/b32-19+/t22-,25+/m0/s1. The van der Waals surface area contributed by atoms with Crippen molar-refractivity contribution in [2.75, 3.05) is 12.0 Å². The molecule has 1 aliphatic carbocycles. The molecule has 0 amide bonds. The summed E-state index contributed by atoms with van der Waals surface area (Å²) in [7, 11) is 0. The van der Waals surface area contributed by atoms with Gasteiger partial charge in [0.15, 0.2) is 0 Å². The van der Waals surface area contributed by atoms with Gasteiger partial charge in [0, 0.05) is 22.6 Å². The Bertz CT molecular complexity index is 1270. The SMILES string of the molecule is FC(F)(F)c1ccc(N/N=C2\C=C[C@@]3(CC2)CC[C@@H]2NCCc4c2n3c2ccccc42)cc1. The number of allylic oxidation sites excluding steroid dienone is 2. The van der Waals surface area contributed by atoms with Crippen LogP contribution in [-0.4, -0.2) is 16.8 Å². The molecule has 0 saturated heterocycles. The number of alkyl halides is 3. The minimum Gasteiger partial charge on any atom is -0.333 e. The molecule has 0 bridgehead atoms. The van der Waals surface area contributed by atoms with Crippen LogP contribution in [0.4, 0.5) is 18.9 Å². The third-order valence-electron chi connectivity index (χ3n) is 7.37. The number of aromatic nitrogens is 1. The minimum atomic E-state index is -4.33. The van der Waals surface area contributed by atoms with Crippen molar-refractivity contribution in [3.05, 3.63) is 77.5 Å². The van der Waals surface area contributed by atoms with E-state index < -0.39 is 11.7 Å². The van der Waals surface area contributed by atoms with Gasteiger partial charge in [-0.25, -0.2) is 0 Å². The number of hydrazone groups is 1. The van der Waals surface area contributed by atoms with E-state index in [9.17, 15) is 13.2 Å². The van der Waals surface area contributed by atoms with Gasteiger partial charge in [-0.3, -0.25) is 5.43 Å². The highest BCUT2D eigenvalue weighted by atomic mass is 19.4. The number of anilines is 1. The molecule has 4 nitrogen and oxygen atoms in total. The summed E-state index contributed by atoms with van der Waals surface area (Å²) in [4.78, 5) is 0. The Morgan fingerprint density at radius 3 is 2.61 bits per heavy atom. The van der Waals surface area contributed by atoms with Crippen LogP contribution >= 0.6 is 0 Å². The molecule has 2 atom stereocenters. The molecule has 2 N–H and O–H groups in total. The molecule has 1 aromatic heterocycles. The van der Waals surface area contributed by atoms with Crippen LogP contribution in [0.25, 0.3) is 10.9 Å². The maximum atomic E-state index is 12.8. The Labute approximate surface area is 190 Å². The van der Waals surface area contributed by atoms with E-state index in [1.54, 1.807) is 0 Å². The average Bonchev–Trinajstić information content (AvgIpc) is 3.18. The monoisotopic (exact) mass is 450 g/mol. The summed E-state index contributed by atoms with van der Waals surface area (Å²) in [5.41, 5.74) is 7.89. The molecular weight excluding hydrogens is 425 g/mol. The van der Waals surface area contributed by atoms with Gasteiger partial charge in [0.1, 0.15) is 0 Å². The van der Waals surface area contributed by atoms with E-state index >= 15 is 0 Å². The van der Waals surface area contributed by atoms with Crippen molar-refractivity contribution in [3.8, 4) is 0 Å². The second kappa shape index (κ2) is 7.48. The summed E-state index contributed by atoms with van der Waals surface area (Å²) in [6.45, 7) is 1.03. The van der Waals surface area contributed by atoms with Gasteiger partial charge in [-0.2, -0.15) is 18.3 Å². The molecule has 3 aromatic rings. The molecule has 0 unspecified atom stereocenters. The van der Waals surface area contributed by atoms with Crippen LogP contribution < -0.4 is 10.7 Å². The fourth-order valence-electron chi connectivity index (χ4n) is 5.77. The zero-order valence-corrected chi connectivity index (χ0v) is 18.1. The topological polar surface area (TPSA) is 41.4 Å². The highest BCUT2D eigenvalue weighted by molar-refractivity contribution is 5.96. The van der Waals surface area contributed by atoms with Gasteiger partial charge < -0.3 is 9.88 Å². The summed E-state index contributed by atoms with van der Waals surface area (Å²) in [5, 5.41) is 9.55. The zero-order valence-electron chi connectivity index (χ0n) is 18.1. The number of nitrogens with one attached hydrogen (secondary N) is 2. The van der Waals surface area contributed by atoms with Crippen molar-refractivity contribution < 1.29 is 13.2 Å². The Hall–Kier alpha value is -3.06. The summed E-state index contributed by atoms with van der Waals surface area (Å²) in [6, 6.07) is 14.1. The number of fused-ring (bicyclic) bond motifs is 4. The number of halogens is 3. The van der Waals surface area contributed by atoms with Crippen molar-refractivity contribution in [2.24, 2.45) is 5.10 Å². The summed E-state index contributed by atoms with van der Waals surface area (Å²) >= 11 is 0. The van der Waals surface area contributed by atoms with E-state index in [1.165, 1.54) is 34.3 Å². The van der Waals surface area contributed by atoms with Crippen LogP contribution in [0.3, 0.4) is 0 Å². The Morgan fingerprint density at radius 1 is 1.03 bits per heavy atom. The van der Waals surface area contributed by atoms with Gasteiger partial charge in [0.05, 0.1) is 22.5 Å². The minimum absolute atomic E-state index is 0.0594. The van der Waals surface area contributed by atoms with Crippen molar-refractivity contribution in [2.45, 2.75) is 49.9 Å². The van der Waals surface area contributed by atoms with Crippen LogP contribution in [0.5, 0.6) is 0 Å². The van der Waals surface area contributed by atoms with Crippen molar-refractivity contribution in [1.29, 1.82) is 0 Å². The molecule has 33 heavy (non-hydrogen) atoms. The first-order chi connectivity index (χ1) is 15.9. The fourth-order valence-corrected chi connectivity index (χ4v) is 5.77. The number of hydrogen-bond donors (Lipinski definition) is 2. The van der Waals surface area contributed by atoms with Gasteiger partial charge in [-0.05, 0) is 80.6 Å². The Kier molecular flexibility index (Phi) is 4.66. The lowest BCUT2D eigenvalue weighted by molar-refractivity contribution is -0.137. The van der Waals surface area contributed by atoms with Gasteiger partial charge in [-0.15, -0.1) is 0 Å². The number of hydrogen-bond acceptors (Lipinski definition) is 3. The van der Waals surface area contributed by atoms with E-state index in [2.05, 4.69) is 56.8 Å². The fraction of sp³-hybridized carbons (Fsp3) is 0.346. The van der Waals surface area contributed by atoms with E-state index in [4.69, 9.17) is 0 Å². The molecule has 1 spiro atoms. The molecule has 0 radical (unpaired) electrons. The van der Waals surface area contributed by atoms with Crippen LogP contribution in [0.2, 0.25) is 0 Å². The Morgan fingerprint density at radius 2 is 1.85 bits per heavy atom.